The van der Waals surface area contributed by atoms with Crippen molar-refractivity contribution in [3.63, 3.8) is 0 Å². The first-order valence-electron chi connectivity index (χ1n) is 9.98. The second-order valence-electron chi connectivity index (χ2n) is 7.10. The Balaban J connectivity index is 2.64. The molecule has 0 aliphatic carbocycles. The standard InChI is InChI=1S/C10H11.3C4H9.Sn/c1-2-3-7-10-8-5-4-6-9-10;3*1-3-4-2;/h1-2,4-6,8-9H,3,7H2;3*1,3-4H2,2H3;. The summed E-state index contributed by atoms with van der Waals surface area (Å²) in [6.45, 7) is 7.07. The van der Waals surface area contributed by atoms with E-state index in [1.165, 1.54) is 56.9 Å². The van der Waals surface area contributed by atoms with E-state index in [0.29, 0.717) is 0 Å². The minimum absolute atomic E-state index is 1.20. The number of benzene rings is 1. The van der Waals surface area contributed by atoms with E-state index >= 15 is 0 Å². The molecule has 0 radical (unpaired) electrons. The Morgan fingerprint density at radius 3 is 1.78 bits per heavy atom. The summed E-state index contributed by atoms with van der Waals surface area (Å²) >= 11 is -2.02. The number of rotatable bonds is 13. The quantitative estimate of drug-likeness (QED) is 0.288. The average molecular weight is 421 g/mol. The van der Waals surface area contributed by atoms with Crippen LogP contribution in [0.25, 0.3) is 0 Å². The van der Waals surface area contributed by atoms with Gasteiger partial charge in [0.25, 0.3) is 0 Å². The molecule has 0 saturated carbocycles. The molecule has 0 unspecified atom stereocenters. The summed E-state index contributed by atoms with van der Waals surface area (Å²) in [6, 6.07) is 10.9. The van der Waals surface area contributed by atoms with Crippen LogP contribution < -0.4 is 0 Å². The maximum absolute atomic E-state index is 2.82. The molecule has 130 valence electrons. The van der Waals surface area contributed by atoms with Crippen LogP contribution in [0, 0.1) is 0 Å². The second-order valence-corrected chi connectivity index (χ2v) is 20.1. The third kappa shape index (κ3) is 8.98. The van der Waals surface area contributed by atoms with E-state index in [-0.39, 0.29) is 0 Å². The molecule has 0 bridgehead atoms. The summed E-state index contributed by atoms with van der Waals surface area (Å²) in [4.78, 5) is 0. The van der Waals surface area contributed by atoms with Crippen LogP contribution in [0.1, 0.15) is 71.3 Å². The maximum atomic E-state index is 2.82. The SMILES string of the molecule is CCC[CH2][Sn](/[CH]=C\CCc1ccccc1)([CH2]CCC)[CH2]CCC. The van der Waals surface area contributed by atoms with Crippen LogP contribution >= 0.6 is 0 Å². The van der Waals surface area contributed by atoms with Gasteiger partial charge in [0.2, 0.25) is 0 Å². The fourth-order valence-corrected chi connectivity index (χ4v) is 18.0. The van der Waals surface area contributed by atoms with Crippen LogP contribution in [0.4, 0.5) is 0 Å². The molecule has 0 aliphatic heterocycles. The van der Waals surface area contributed by atoms with Gasteiger partial charge in [0, 0.05) is 0 Å². The summed E-state index contributed by atoms with van der Waals surface area (Å²) in [5.41, 5.74) is 1.48. The molecule has 0 aromatic heterocycles. The molecule has 0 atom stereocenters. The zero-order valence-corrected chi connectivity index (χ0v) is 18.7. The van der Waals surface area contributed by atoms with Crippen molar-refractivity contribution in [1.82, 2.24) is 0 Å². The molecule has 0 aliphatic rings. The van der Waals surface area contributed by atoms with E-state index in [0.717, 1.165) is 0 Å². The van der Waals surface area contributed by atoms with Crippen molar-refractivity contribution in [3.05, 3.63) is 46.1 Å². The monoisotopic (exact) mass is 422 g/mol. The summed E-state index contributed by atoms with van der Waals surface area (Å²) in [6.07, 6.45) is 13.5. The molecule has 0 heterocycles. The summed E-state index contributed by atoms with van der Waals surface area (Å²) < 4.78 is 7.59. The van der Waals surface area contributed by atoms with Gasteiger partial charge < -0.3 is 0 Å². The van der Waals surface area contributed by atoms with Gasteiger partial charge in [0.05, 0.1) is 0 Å². The van der Waals surface area contributed by atoms with Crippen molar-refractivity contribution in [2.45, 2.75) is 85.4 Å². The van der Waals surface area contributed by atoms with Gasteiger partial charge in [-0.3, -0.25) is 0 Å². The van der Waals surface area contributed by atoms with E-state index in [2.05, 4.69) is 61.3 Å². The zero-order chi connectivity index (χ0) is 16.8. The van der Waals surface area contributed by atoms with Crippen molar-refractivity contribution < 1.29 is 0 Å². The fourth-order valence-electron chi connectivity index (χ4n) is 3.44. The van der Waals surface area contributed by atoms with Gasteiger partial charge in [-0.1, -0.05) is 0 Å². The summed E-state index contributed by atoms with van der Waals surface area (Å²) in [5.74, 6) is 0. The van der Waals surface area contributed by atoms with E-state index in [1.807, 2.05) is 0 Å². The van der Waals surface area contributed by atoms with Gasteiger partial charge in [0.1, 0.15) is 0 Å². The van der Waals surface area contributed by atoms with Crippen molar-refractivity contribution in [3.8, 4) is 0 Å². The van der Waals surface area contributed by atoms with Crippen LogP contribution in [0.3, 0.4) is 0 Å². The van der Waals surface area contributed by atoms with Gasteiger partial charge in [-0.2, -0.15) is 0 Å². The number of aryl methyl sites for hydroxylation is 1. The first-order valence-corrected chi connectivity index (χ1v) is 17.7. The summed E-state index contributed by atoms with van der Waals surface area (Å²) in [7, 11) is 0. The van der Waals surface area contributed by atoms with Gasteiger partial charge >= 0.3 is 150 Å². The molecular weight excluding hydrogens is 383 g/mol. The third-order valence-corrected chi connectivity index (χ3v) is 19.2. The molecule has 1 aromatic carbocycles. The minimum atomic E-state index is -2.02. The Labute approximate surface area is 149 Å². The van der Waals surface area contributed by atoms with E-state index in [4.69, 9.17) is 0 Å². The Bertz CT molecular complexity index is 385. The van der Waals surface area contributed by atoms with Crippen LogP contribution in [0.2, 0.25) is 13.3 Å². The Hall–Kier alpha value is -0.241. The Morgan fingerprint density at radius 2 is 1.30 bits per heavy atom. The third-order valence-electron chi connectivity index (χ3n) is 5.00. The molecule has 23 heavy (non-hydrogen) atoms. The predicted molar refractivity (Wildman–Crippen MR) is 109 cm³/mol. The van der Waals surface area contributed by atoms with E-state index < -0.39 is 18.4 Å². The van der Waals surface area contributed by atoms with E-state index in [1.54, 1.807) is 13.3 Å². The molecule has 0 nitrogen and oxygen atoms in total. The van der Waals surface area contributed by atoms with Crippen molar-refractivity contribution in [1.29, 1.82) is 0 Å². The topological polar surface area (TPSA) is 0 Å². The number of hydrogen-bond donors (Lipinski definition) is 0. The predicted octanol–water partition coefficient (Wildman–Crippen LogP) is 7.56. The molecule has 1 aromatic rings. The fraction of sp³-hybridized carbons (Fsp3) is 0.636. The van der Waals surface area contributed by atoms with Crippen LogP contribution in [0.15, 0.2) is 40.5 Å². The Morgan fingerprint density at radius 1 is 0.783 bits per heavy atom. The first kappa shape index (κ1) is 20.8. The molecule has 0 saturated heterocycles. The van der Waals surface area contributed by atoms with Crippen LogP contribution in [-0.2, 0) is 6.42 Å². The Kier molecular flexibility index (Phi) is 11.8. The van der Waals surface area contributed by atoms with Crippen molar-refractivity contribution in [2.75, 3.05) is 0 Å². The van der Waals surface area contributed by atoms with Crippen LogP contribution in [-0.4, -0.2) is 18.4 Å². The average Bonchev–Trinajstić information content (AvgIpc) is 2.60. The van der Waals surface area contributed by atoms with Gasteiger partial charge in [0.15, 0.2) is 0 Å². The normalized spacial score (nSPS) is 12.1. The molecule has 0 fully saturated rings. The molecular formula is C22H38Sn. The van der Waals surface area contributed by atoms with Gasteiger partial charge in [-0.15, -0.1) is 0 Å². The van der Waals surface area contributed by atoms with Gasteiger partial charge in [-0.05, 0) is 0 Å². The molecule has 1 heteroatoms. The van der Waals surface area contributed by atoms with E-state index in [9.17, 15) is 0 Å². The number of unbranched alkanes of at least 4 members (excludes halogenated alkanes) is 3. The van der Waals surface area contributed by atoms with Crippen LogP contribution in [0.5, 0.6) is 0 Å². The second kappa shape index (κ2) is 13.1. The molecule has 1 rings (SSSR count). The number of hydrogen-bond acceptors (Lipinski definition) is 0. The molecule has 0 N–H and O–H groups in total. The van der Waals surface area contributed by atoms with Crippen molar-refractivity contribution in [2.24, 2.45) is 0 Å². The first-order chi connectivity index (χ1) is 11.3. The zero-order valence-electron chi connectivity index (χ0n) is 15.8. The molecule has 0 amide bonds. The number of allylic oxidation sites excluding steroid dienone is 1. The summed E-state index contributed by atoms with van der Waals surface area (Å²) in [5, 5.41) is 0. The van der Waals surface area contributed by atoms with Crippen molar-refractivity contribution >= 4 is 18.4 Å². The van der Waals surface area contributed by atoms with Gasteiger partial charge in [-0.25, -0.2) is 0 Å². The molecule has 0 spiro atoms.